The largest absolute Gasteiger partial charge is 0.453 e. The zero-order valence-electron chi connectivity index (χ0n) is 11.7. The fourth-order valence-corrected chi connectivity index (χ4v) is 2.48. The van der Waals surface area contributed by atoms with Crippen molar-refractivity contribution in [3.05, 3.63) is 57.9 Å². The molecule has 0 amide bonds. The lowest BCUT2D eigenvalue weighted by Crippen LogP contribution is -2.08. The van der Waals surface area contributed by atoms with Gasteiger partial charge in [-0.05, 0) is 50.1 Å². The van der Waals surface area contributed by atoms with Gasteiger partial charge in [-0.2, -0.15) is 0 Å². The van der Waals surface area contributed by atoms with Crippen LogP contribution < -0.4 is 10.5 Å². The van der Waals surface area contributed by atoms with E-state index in [0.29, 0.717) is 16.3 Å². The molecule has 0 saturated heterocycles. The van der Waals surface area contributed by atoms with Crippen LogP contribution in [-0.4, -0.2) is 0 Å². The van der Waals surface area contributed by atoms with Gasteiger partial charge in [0.05, 0.1) is 0 Å². The molecule has 2 N–H and O–H groups in total. The molecule has 106 valence electrons. The molecule has 0 aliphatic rings. The Labute approximate surface area is 123 Å². The molecule has 4 heteroatoms. The van der Waals surface area contributed by atoms with Gasteiger partial charge in [0.25, 0.3) is 0 Å². The molecule has 0 bridgehead atoms. The summed E-state index contributed by atoms with van der Waals surface area (Å²) in [6.07, 6.45) is 0. The van der Waals surface area contributed by atoms with Crippen LogP contribution >= 0.6 is 11.6 Å². The third-order valence-corrected chi connectivity index (χ3v) is 3.34. The van der Waals surface area contributed by atoms with E-state index in [2.05, 4.69) is 0 Å². The number of hydrogen-bond donors (Lipinski definition) is 1. The zero-order chi connectivity index (χ0) is 14.9. The van der Waals surface area contributed by atoms with E-state index in [1.165, 1.54) is 6.07 Å². The van der Waals surface area contributed by atoms with Gasteiger partial charge in [-0.1, -0.05) is 23.7 Å². The molecule has 0 fully saturated rings. The maximum absolute atomic E-state index is 14.0. The quantitative estimate of drug-likeness (QED) is 0.873. The van der Waals surface area contributed by atoms with Gasteiger partial charge in [0.1, 0.15) is 5.75 Å². The molecule has 2 rings (SSSR count). The highest BCUT2D eigenvalue weighted by Gasteiger charge is 2.16. The highest BCUT2D eigenvalue weighted by molar-refractivity contribution is 6.30. The van der Waals surface area contributed by atoms with Gasteiger partial charge in [0.2, 0.25) is 0 Å². The SMILES string of the molecule is Cc1cc(Cl)cc(C)c1Oc1c(F)cccc1[C@H](C)N. The molecule has 0 unspecified atom stereocenters. The minimum Gasteiger partial charge on any atom is -0.453 e. The summed E-state index contributed by atoms with van der Waals surface area (Å²) in [4.78, 5) is 0. The van der Waals surface area contributed by atoms with E-state index in [4.69, 9.17) is 22.1 Å². The van der Waals surface area contributed by atoms with Crippen LogP contribution in [0.15, 0.2) is 30.3 Å². The lowest BCUT2D eigenvalue weighted by Gasteiger charge is -2.17. The van der Waals surface area contributed by atoms with Gasteiger partial charge < -0.3 is 10.5 Å². The topological polar surface area (TPSA) is 35.2 Å². The number of hydrogen-bond acceptors (Lipinski definition) is 2. The normalized spacial score (nSPS) is 12.3. The van der Waals surface area contributed by atoms with Gasteiger partial charge in [0, 0.05) is 16.6 Å². The van der Waals surface area contributed by atoms with Crippen molar-refractivity contribution in [3.63, 3.8) is 0 Å². The standard InChI is InChI=1S/C16H17ClFNO/c1-9-7-12(17)8-10(2)15(9)20-16-13(11(3)19)5-4-6-14(16)18/h4-8,11H,19H2,1-3H3/t11-/m0/s1. The van der Waals surface area contributed by atoms with E-state index in [0.717, 1.165) is 11.1 Å². The van der Waals surface area contributed by atoms with Crippen LogP contribution in [0.25, 0.3) is 0 Å². The first-order valence-electron chi connectivity index (χ1n) is 6.38. The van der Waals surface area contributed by atoms with Crippen molar-refractivity contribution in [1.29, 1.82) is 0 Å². The van der Waals surface area contributed by atoms with Crippen LogP contribution in [0.2, 0.25) is 5.02 Å². The summed E-state index contributed by atoms with van der Waals surface area (Å²) in [5, 5.41) is 0.633. The Morgan fingerprint density at radius 3 is 2.30 bits per heavy atom. The first-order valence-corrected chi connectivity index (χ1v) is 6.76. The van der Waals surface area contributed by atoms with Crippen LogP contribution in [0.3, 0.4) is 0 Å². The molecule has 1 atom stereocenters. The molecule has 20 heavy (non-hydrogen) atoms. The highest BCUT2D eigenvalue weighted by Crippen LogP contribution is 2.36. The maximum atomic E-state index is 14.0. The minimum absolute atomic E-state index is 0.177. The number of halogens is 2. The van der Waals surface area contributed by atoms with E-state index in [9.17, 15) is 4.39 Å². The molecule has 0 aromatic heterocycles. The van der Waals surface area contributed by atoms with Crippen molar-refractivity contribution in [1.82, 2.24) is 0 Å². The van der Waals surface area contributed by atoms with Crippen LogP contribution in [0.1, 0.15) is 29.7 Å². The summed E-state index contributed by atoms with van der Waals surface area (Å²) in [5.74, 6) is 0.367. The molecule has 0 aliphatic heterocycles. The summed E-state index contributed by atoms with van der Waals surface area (Å²) in [5.41, 5.74) is 8.22. The van der Waals surface area contributed by atoms with Gasteiger partial charge >= 0.3 is 0 Å². The second kappa shape index (κ2) is 5.81. The zero-order valence-corrected chi connectivity index (χ0v) is 12.5. The number of benzene rings is 2. The maximum Gasteiger partial charge on any atom is 0.167 e. The summed E-state index contributed by atoms with van der Waals surface area (Å²) in [7, 11) is 0. The Bertz CT molecular complexity index is 617. The highest BCUT2D eigenvalue weighted by atomic mass is 35.5. The van der Waals surface area contributed by atoms with E-state index in [1.807, 2.05) is 13.8 Å². The third kappa shape index (κ3) is 2.94. The average Bonchev–Trinajstić information content (AvgIpc) is 2.34. The van der Waals surface area contributed by atoms with Crippen molar-refractivity contribution in [2.75, 3.05) is 0 Å². The lowest BCUT2D eigenvalue weighted by molar-refractivity contribution is 0.427. The number of aryl methyl sites for hydroxylation is 2. The molecule has 2 nitrogen and oxygen atoms in total. The molecular formula is C16H17ClFNO. The predicted molar refractivity (Wildman–Crippen MR) is 80.0 cm³/mol. The fourth-order valence-electron chi connectivity index (χ4n) is 2.15. The molecule has 0 spiro atoms. The summed E-state index contributed by atoms with van der Waals surface area (Å²) in [6.45, 7) is 5.55. The Kier molecular flexibility index (Phi) is 4.31. The number of para-hydroxylation sites is 1. The minimum atomic E-state index is -0.423. The first-order chi connectivity index (χ1) is 9.40. The lowest BCUT2D eigenvalue weighted by atomic mass is 10.1. The average molecular weight is 294 g/mol. The summed E-state index contributed by atoms with van der Waals surface area (Å²) in [6, 6.07) is 8.02. The number of rotatable bonds is 3. The Morgan fingerprint density at radius 2 is 1.75 bits per heavy atom. The van der Waals surface area contributed by atoms with Crippen molar-refractivity contribution < 1.29 is 9.13 Å². The van der Waals surface area contributed by atoms with Crippen LogP contribution in [0.4, 0.5) is 4.39 Å². The Morgan fingerprint density at radius 1 is 1.15 bits per heavy atom. The molecule has 0 heterocycles. The number of nitrogens with two attached hydrogens (primary N) is 1. The monoisotopic (exact) mass is 293 g/mol. The second-order valence-electron chi connectivity index (χ2n) is 4.92. The van der Waals surface area contributed by atoms with E-state index >= 15 is 0 Å². The first kappa shape index (κ1) is 14.8. The van der Waals surface area contributed by atoms with Crippen LogP contribution in [0.5, 0.6) is 11.5 Å². The van der Waals surface area contributed by atoms with Gasteiger partial charge in [0.15, 0.2) is 11.6 Å². The molecule has 0 radical (unpaired) electrons. The Hall–Kier alpha value is -1.58. The van der Waals surface area contributed by atoms with E-state index in [1.54, 1.807) is 31.2 Å². The smallest absolute Gasteiger partial charge is 0.167 e. The molecular weight excluding hydrogens is 277 g/mol. The van der Waals surface area contributed by atoms with E-state index in [-0.39, 0.29) is 11.8 Å². The van der Waals surface area contributed by atoms with Crippen molar-refractivity contribution in [3.8, 4) is 11.5 Å². The number of ether oxygens (including phenoxy) is 1. The van der Waals surface area contributed by atoms with Gasteiger partial charge in [-0.25, -0.2) is 4.39 Å². The van der Waals surface area contributed by atoms with Crippen LogP contribution in [-0.2, 0) is 0 Å². The molecule has 2 aromatic carbocycles. The summed E-state index contributed by atoms with van der Waals surface area (Å²) >= 11 is 5.99. The molecule has 0 saturated carbocycles. The van der Waals surface area contributed by atoms with E-state index < -0.39 is 5.82 Å². The predicted octanol–water partition coefficient (Wildman–Crippen LogP) is 4.91. The van der Waals surface area contributed by atoms with Crippen molar-refractivity contribution in [2.24, 2.45) is 5.73 Å². The Balaban J connectivity index is 2.51. The summed E-state index contributed by atoms with van der Waals surface area (Å²) < 4.78 is 19.8. The molecule has 2 aromatic rings. The third-order valence-electron chi connectivity index (χ3n) is 3.12. The molecule has 0 aliphatic carbocycles. The van der Waals surface area contributed by atoms with Gasteiger partial charge in [-0.15, -0.1) is 0 Å². The second-order valence-corrected chi connectivity index (χ2v) is 5.35. The van der Waals surface area contributed by atoms with Crippen LogP contribution in [0, 0.1) is 19.7 Å². The van der Waals surface area contributed by atoms with Crippen molar-refractivity contribution >= 4 is 11.6 Å². The fraction of sp³-hybridized carbons (Fsp3) is 0.250. The van der Waals surface area contributed by atoms with Crippen molar-refractivity contribution in [2.45, 2.75) is 26.8 Å². The van der Waals surface area contributed by atoms with Gasteiger partial charge in [-0.3, -0.25) is 0 Å².